The molecular formula is C10H12F2N2O. The molecule has 0 radical (unpaired) electrons. The fourth-order valence-corrected chi connectivity index (χ4v) is 2.16. The molecule has 3 N–H and O–H groups in total. The van der Waals surface area contributed by atoms with Crippen molar-refractivity contribution in [3.8, 4) is 0 Å². The Morgan fingerprint density at radius 1 is 1.33 bits per heavy atom. The Kier molecular flexibility index (Phi) is 2.17. The van der Waals surface area contributed by atoms with Crippen LogP contribution in [0.4, 0.5) is 14.5 Å². The van der Waals surface area contributed by atoms with E-state index in [1.807, 2.05) is 0 Å². The molecule has 0 saturated carbocycles. The molecule has 1 fully saturated rings. The number of halogens is 2. The zero-order valence-electron chi connectivity index (χ0n) is 8.31. The number of rotatable bonds is 1. The summed E-state index contributed by atoms with van der Waals surface area (Å²) >= 11 is 0. The van der Waals surface area contributed by atoms with Crippen molar-refractivity contribution in [2.45, 2.75) is 12.3 Å². The minimum Gasteiger partial charge on any atom is -0.634 e. The molecule has 82 valence electrons. The second kappa shape index (κ2) is 3.15. The van der Waals surface area contributed by atoms with E-state index in [2.05, 4.69) is 0 Å². The maximum Gasteiger partial charge on any atom is 0.132 e. The molecule has 5 heteroatoms. The van der Waals surface area contributed by atoms with Crippen molar-refractivity contribution in [2.75, 3.05) is 18.8 Å². The van der Waals surface area contributed by atoms with Crippen LogP contribution in [0.5, 0.6) is 0 Å². The van der Waals surface area contributed by atoms with Gasteiger partial charge in [0.1, 0.15) is 11.6 Å². The van der Waals surface area contributed by atoms with Crippen molar-refractivity contribution in [2.24, 2.45) is 0 Å². The first-order chi connectivity index (χ1) is 6.92. The molecule has 0 amide bonds. The molecule has 1 saturated heterocycles. The topological polar surface area (TPSA) is 53.5 Å². The molecule has 2 rings (SSSR count). The van der Waals surface area contributed by atoms with Crippen LogP contribution in [0.25, 0.3) is 0 Å². The molecule has 0 unspecified atom stereocenters. The number of anilines is 1. The van der Waals surface area contributed by atoms with E-state index >= 15 is 0 Å². The number of hydrogen-bond acceptors (Lipinski definition) is 2. The molecule has 1 aromatic carbocycles. The van der Waals surface area contributed by atoms with Gasteiger partial charge in [0.2, 0.25) is 0 Å². The summed E-state index contributed by atoms with van der Waals surface area (Å²) in [6.07, 6.45) is 0. The number of hydroxylamine groups is 2. The van der Waals surface area contributed by atoms with E-state index in [0.29, 0.717) is 0 Å². The Morgan fingerprint density at radius 3 is 2.20 bits per heavy atom. The van der Waals surface area contributed by atoms with E-state index in [9.17, 15) is 14.0 Å². The number of nitrogens with two attached hydrogens (primary N) is 1. The molecule has 1 aromatic rings. The highest BCUT2D eigenvalue weighted by Gasteiger charge is 2.45. The highest BCUT2D eigenvalue weighted by Crippen LogP contribution is 2.31. The largest absolute Gasteiger partial charge is 0.634 e. The van der Waals surface area contributed by atoms with Crippen LogP contribution >= 0.6 is 0 Å². The van der Waals surface area contributed by atoms with Crippen LogP contribution in [0.1, 0.15) is 12.5 Å². The molecule has 1 heterocycles. The molecule has 1 aliphatic heterocycles. The summed E-state index contributed by atoms with van der Waals surface area (Å²) in [6, 6.07) is 2.18. The van der Waals surface area contributed by atoms with E-state index in [-0.39, 0.29) is 29.4 Å². The summed E-state index contributed by atoms with van der Waals surface area (Å²) in [5.41, 5.74) is 4.66. The van der Waals surface area contributed by atoms with Gasteiger partial charge in [-0.15, -0.1) is 0 Å². The lowest BCUT2D eigenvalue weighted by Gasteiger charge is -2.46. The molecular weight excluding hydrogens is 202 g/mol. The Morgan fingerprint density at radius 2 is 1.80 bits per heavy atom. The molecule has 0 aliphatic carbocycles. The van der Waals surface area contributed by atoms with Crippen LogP contribution in [0.3, 0.4) is 0 Å². The lowest BCUT2D eigenvalue weighted by Crippen LogP contribution is -3.19. The van der Waals surface area contributed by atoms with Gasteiger partial charge >= 0.3 is 0 Å². The predicted molar refractivity (Wildman–Crippen MR) is 52.2 cm³/mol. The quantitative estimate of drug-likeness (QED) is 0.518. The smallest absolute Gasteiger partial charge is 0.132 e. The highest BCUT2D eigenvalue weighted by atomic mass is 19.1. The minimum absolute atomic E-state index is 0.0173. The first kappa shape index (κ1) is 10.3. The van der Waals surface area contributed by atoms with Crippen molar-refractivity contribution in [1.29, 1.82) is 0 Å². The van der Waals surface area contributed by atoms with Crippen LogP contribution < -0.4 is 10.8 Å². The molecule has 0 bridgehead atoms. The molecule has 0 atom stereocenters. The van der Waals surface area contributed by atoms with Gasteiger partial charge in [0, 0.05) is 11.3 Å². The molecule has 15 heavy (non-hydrogen) atoms. The summed E-state index contributed by atoms with van der Waals surface area (Å²) in [5, 5.41) is 10.9. The van der Waals surface area contributed by atoms with Crippen LogP contribution in [0.15, 0.2) is 12.1 Å². The Hall–Kier alpha value is -1.20. The van der Waals surface area contributed by atoms with Crippen LogP contribution in [0.2, 0.25) is 0 Å². The Bertz CT molecular complexity index is 379. The van der Waals surface area contributed by atoms with E-state index in [1.54, 1.807) is 6.92 Å². The monoisotopic (exact) mass is 214 g/mol. The Labute approximate surface area is 86.1 Å². The fraction of sp³-hybridized carbons (Fsp3) is 0.400. The summed E-state index contributed by atoms with van der Waals surface area (Å²) in [5.74, 6) is -1.33. The van der Waals surface area contributed by atoms with Gasteiger partial charge in [-0.25, -0.2) is 8.78 Å². The van der Waals surface area contributed by atoms with E-state index in [1.165, 1.54) is 0 Å². The first-order valence-electron chi connectivity index (χ1n) is 4.69. The van der Waals surface area contributed by atoms with Gasteiger partial charge in [-0.3, -0.25) is 0 Å². The molecule has 0 spiro atoms. The maximum atomic E-state index is 13.5. The van der Waals surface area contributed by atoms with Gasteiger partial charge in [0.15, 0.2) is 0 Å². The van der Waals surface area contributed by atoms with Crippen LogP contribution in [-0.2, 0) is 5.41 Å². The van der Waals surface area contributed by atoms with Gasteiger partial charge in [0.05, 0.1) is 18.5 Å². The average Bonchev–Trinajstić information content (AvgIpc) is 1.98. The third kappa shape index (κ3) is 1.57. The molecule has 1 aliphatic rings. The molecule has 3 nitrogen and oxygen atoms in total. The average molecular weight is 214 g/mol. The van der Waals surface area contributed by atoms with E-state index < -0.39 is 17.0 Å². The SMILES string of the molecule is CC1(c2c(F)cc(N)cc2F)C[NH+]([O-])C1. The highest BCUT2D eigenvalue weighted by molar-refractivity contribution is 5.44. The number of hydrogen-bond donors (Lipinski definition) is 2. The van der Waals surface area contributed by atoms with Gasteiger partial charge in [0.25, 0.3) is 0 Å². The minimum atomic E-state index is -0.695. The summed E-state index contributed by atoms with van der Waals surface area (Å²) in [7, 11) is 0. The summed E-state index contributed by atoms with van der Waals surface area (Å²) in [6.45, 7) is 2.08. The zero-order chi connectivity index (χ0) is 11.2. The second-order valence-electron chi connectivity index (χ2n) is 4.31. The van der Waals surface area contributed by atoms with Crippen molar-refractivity contribution < 1.29 is 13.8 Å². The van der Waals surface area contributed by atoms with Crippen molar-refractivity contribution in [3.63, 3.8) is 0 Å². The van der Waals surface area contributed by atoms with Crippen molar-refractivity contribution >= 4 is 5.69 Å². The van der Waals surface area contributed by atoms with E-state index in [4.69, 9.17) is 5.73 Å². The third-order valence-corrected chi connectivity index (χ3v) is 2.84. The number of benzene rings is 1. The van der Waals surface area contributed by atoms with Gasteiger partial charge in [-0.1, -0.05) is 0 Å². The maximum absolute atomic E-state index is 13.5. The Balaban J connectivity index is 2.45. The third-order valence-electron chi connectivity index (χ3n) is 2.84. The van der Waals surface area contributed by atoms with E-state index in [0.717, 1.165) is 12.1 Å². The normalized spacial score (nSPS) is 30.0. The predicted octanol–water partition coefficient (Wildman–Crippen LogP) is 0.201. The number of quaternary nitrogens is 1. The van der Waals surface area contributed by atoms with Crippen LogP contribution in [-0.4, -0.2) is 13.1 Å². The first-order valence-corrected chi connectivity index (χ1v) is 4.69. The standard InChI is InChI=1S/C10H12F2N2O/c1-10(4-14(15)5-10)9-7(11)2-6(13)3-8(9)12/h2-3,14H,4-5,13H2,1H3. The number of nitrogen functional groups attached to an aromatic ring is 1. The lowest BCUT2D eigenvalue weighted by molar-refractivity contribution is -0.905. The summed E-state index contributed by atoms with van der Waals surface area (Å²) < 4.78 is 27.0. The van der Waals surface area contributed by atoms with Crippen molar-refractivity contribution in [1.82, 2.24) is 0 Å². The van der Waals surface area contributed by atoms with Crippen molar-refractivity contribution in [3.05, 3.63) is 34.5 Å². The second-order valence-corrected chi connectivity index (χ2v) is 4.31. The number of nitrogens with one attached hydrogen (secondary N) is 1. The summed E-state index contributed by atoms with van der Waals surface area (Å²) in [4.78, 5) is 0. The van der Waals surface area contributed by atoms with Gasteiger partial charge in [-0.05, 0) is 19.1 Å². The molecule has 0 aromatic heterocycles. The lowest BCUT2D eigenvalue weighted by atomic mass is 9.76. The van der Waals surface area contributed by atoms with Gasteiger partial charge < -0.3 is 16.0 Å². The van der Waals surface area contributed by atoms with Crippen LogP contribution in [0, 0.1) is 16.8 Å². The fourth-order valence-electron chi connectivity index (χ4n) is 2.16. The zero-order valence-corrected chi connectivity index (χ0v) is 8.31. The van der Waals surface area contributed by atoms with Gasteiger partial charge in [-0.2, -0.15) is 0 Å².